The van der Waals surface area contributed by atoms with Gasteiger partial charge in [0.15, 0.2) is 0 Å². The maximum Gasteiger partial charge on any atom is 0.321 e. The summed E-state index contributed by atoms with van der Waals surface area (Å²) in [6, 6.07) is 7.29. The van der Waals surface area contributed by atoms with Crippen molar-refractivity contribution in [1.82, 2.24) is 9.80 Å². The highest BCUT2D eigenvalue weighted by atomic mass is 16.5. The van der Waals surface area contributed by atoms with E-state index in [1.165, 1.54) is 0 Å². The fourth-order valence-electron chi connectivity index (χ4n) is 4.16. The molecule has 0 aliphatic carbocycles. The number of ether oxygens (including phenoxy) is 2. The molecule has 2 heterocycles. The van der Waals surface area contributed by atoms with Gasteiger partial charge in [0.1, 0.15) is 5.75 Å². The van der Waals surface area contributed by atoms with Gasteiger partial charge < -0.3 is 24.6 Å². The molecule has 1 aromatic carbocycles. The van der Waals surface area contributed by atoms with Crippen LogP contribution >= 0.6 is 0 Å². The molecular formula is C20H29N3O4. The number of piperidine rings is 2. The van der Waals surface area contributed by atoms with Gasteiger partial charge in [0.25, 0.3) is 0 Å². The number of amides is 3. The number of hydrogen-bond acceptors (Lipinski definition) is 4. The SMILES string of the molecule is COCCN1C[C@]2(CCCN(C(=O)Nc3ccccc3OC)C2)CCC1=O. The highest BCUT2D eigenvalue weighted by molar-refractivity contribution is 5.91. The number of methoxy groups -OCH3 is 2. The molecule has 27 heavy (non-hydrogen) atoms. The van der Waals surface area contributed by atoms with Gasteiger partial charge in [0.05, 0.1) is 19.4 Å². The van der Waals surface area contributed by atoms with E-state index in [1.54, 1.807) is 14.2 Å². The second-order valence-corrected chi connectivity index (χ2v) is 7.46. The first-order chi connectivity index (χ1) is 13.1. The van der Waals surface area contributed by atoms with E-state index in [-0.39, 0.29) is 17.4 Å². The van der Waals surface area contributed by atoms with Crippen LogP contribution in [0.5, 0.6) is 5.75 Å². The first-order valence-corrected chi connectivity index (χ1v) is 9.52. The number of benzene rings is 1. The van der Waals surface area contributed by atoms with E-state index in [1.807, 2.05) is 34.1 Å². The zero-order valence-corrected chi connectivity index (χ0v) is 16.2. The van der Waals surface area contributed by atoms with E-state index in [0.29, 0.717) is 44.1 Å². The standard InChI is InChI=1S/C20H29N3O4/c1-26-13-12-22-14-20(10-8-18(22)24)9-5-11-23(15-20)19(25)21-16-6-3-4-7-17(16)27-2/h3-4,6-7H,5,8-15H2,1-2H3,(H,21,25)/t20-/m0/s1. The summed E-state index contributed by atoms with van der Waals surface area (Å²) in [5.41, 5.74) is 0.656. The largest absolute Gasteiger partial charge is 0.495 e. The van der Waals surface area contributed by atoms with Crippen LogP contribution in [0.4, 0.5) is 10.5 Å². The second kappa shape index (κ2) is 8.61. The molecule has 1 N–H and O–H groups in total. The predicted molar refractivity (Wildman–Crippen MR) is 103 cm³/mol. The molecule has 2 aliphatic heterocycles. The third-order valence-electron chi connectivity index (χ3n) is 5.61. The van der Waals surface area contributed by atoms with E-state index in [9.17, 15) is 9.59 Å². The Bertz CT molecular complexity index is 681. The Hall–Kier alpha value is -2.28. The molecule has 0 aromatic heterocycles. The van der Waals surface area contributed by atoms with Gasteiger partial charge in [-0.2, -0.15) is 0 Å². The van der Waals surface area contributed by atoms with Crippen LogP contribution in [0.3, 0.4) is 0 Å². The van der Waals surface area contributed by atoms with Crippen LogP contribution in [0.15, 0.2) is 24.3 Å². The molecule has 1 aromatic rings. The monoisotopic (exact) mass is 375 g/mol. The predicted octanol–water partition coefficient (Wildman–Crippen LogP) is 2.58. The minimum absolute atomic E-state index is 0.0159. The normalized spacial score (nSPS) is 22.8. The number of anilines is 1. The number of nitrogens with zero attached hydrogens (tertiary/aromatic N) is 2. The van der Waals surface area contributed by atoms with Crippen LogP contribution in [-0.2, 0) is 9.53 Å². The van der Waals surface area contributed by atoms with Gasteiger partial charge in [0, 0.05) is 45.1 Å². The number of para-hydroxylation sites is 2. The van der Waals surface area contributed by atoms with Gasteiger partial charge in [0.2, 0.25) is 5.91 Å². The molecule has 7 heteroatoms. The summed E-state index contributed by atoms with van der Waals surface area (Å²) in [7, 11) is 3.24. The van der Waals surface area contributed by atoms with Crippen molar-refractivity contribution in [3.8, 4) is 5.75 Å². The number of carbonyl (C=O) groups is 2. The van der Waals surface area contributed by atoms with Gasteiger partial charge in [-0.05, 0) is 31.4 Å². The van der Waals surface area contributed by atoms with Crippen LogP contribution in [0.1, 0.15) is 25.7 Å². The Balaban J connectivity index is 1.66. The molecule has 0 unspecified atom stereocenters. The van der Waals surface area contributed by atoms with Gasteiger partial charge in [-0.15, -0.1) is 0 Å². The summed E-state index contributed by atoms with van der Waals surface area (Å²) in [5.74, 6) is 0.833. The Kier molecular flexibility index (Phi) is 6.21. The van der Waals surface area contributed by atoms with E-state index < -0.39 is 0 Å². The lowest BCUT2D eigenvalue weighted by Gasteiger charge is -2.48. The molecule has 0 bridgehead atoms. The maximum atomic E-state index is 12.8. The van der Waals surface area contributed by atoms with Crippen molar-refractivity contribution in [3.63, 3.8) is 0 Å². The lowest BCUT2D eigenvalue weighted by atomic mass is 9.73. The number of rotatable bonds is 5. The summed E-state index contributed by atoms with van der Waals surface area (Å²) in [6.07, 6.45) is 3.38. The fourth-order valence-corrected chi connectivity index (χ4v) is 4.16. The molecule has 2 aliphatic rings. The van der Waals surface area contributed by atoms with Gasteiger partial charge in [-0.25, -0.2) is 4.79 Å². The molecule has 7 nitrogen and oxygen atoms in total. The van der Waals surface area contributed by atoms with E-state index in [4.69, 9.17) is 9.47 Å². The highest BCUT2D eigenvalue weighted by Gasteiger charge is 2.42. The van der Waals surface area contributed by atoms with Crippen molar-refractivity contribution in [2.24, 2.45) is 5.41 Å². The molecule has 0 saturated carbocycles. The molecule has 2 saturated heterocycles. The average Bonchev–Trinajstić information content (AvgIpc) is 2.69. The number of nitrogens with one attached hydrogen (secondary N) is 1. The minimum Gasteiger partial charge on any atom is -0.495 e. The van der Waals surface area contributed by atoms with Gasteiger partial charge >= 0.3 is 6.03 Å². The van der Waals surface area contributed by atoms with Crippen molar-refractivity contribution in [2.45, 2.75) is 25.7 Å². The topological polar surface area (TPSA) is 71.1 Å². The van der Waals surface area contributed by atoms with Crippen LogP contribution in [0, 0.1) is 5.41 Å². The molecule has 148 valence electrons. The Morgan fingerprint density at radius 2 is 2.04 bits per heavy atom. The smallest absolute Gasteiger partial charge is 0.321 e. The van der Waals surface area contributed by atoms with E-state index >= 15 is 0 Å². The molecule has 3 amide bonds. The Labute approximate surface area is 160 Å². The number of hydrogen-bond donors (Lipinski definition) is 1. The molecule has 3 rings (SSSR count). The highest BCUT2D eigenvalue weighted by Crippen LogP contribution is 2.39. The van der Waals surface area contributed by atoms with Crippen molar-refractivity contribution < 1.29 is 19.1 Å². The number of urea groups is 1. The number of likely N-dealkylation sites (tertiary alicyclic amines) is 2. The lowest BCUT2D eigenvalue weighted by Crippen LogP contribution is -2.56. The summed E-state index contributed by atoms with van der Waals surface area (Å²) in [4.78, 5) is 28.8. The second-order valence-electron chi connectivity index (χ2n) is 7.46. The summed E-state index contributed by atoms with van der Waals surface area (Å²) < 4.78 is 10.5. The van der Waals surface area contributed by atoms with Crippen molar-refractivity contribution >= 4 is 17.6 Å². The van der Waals surface area contributed by atoms with Crippen molar-refractivity contribution in [1.29, 1.82) is 0 Å². The molecule has 1 atom stereocenters. The van der Waals surface area contributed by atoms with Gasteiger partial charge in [-0.3, -0.25) is 4.79 Å². The molecule has 2 fully saturated rings. The lowest BCUT2D eigenvalue weighted by molar-refractivity contribution is -0.139. The third kappa shape index (κ3) is 4.53. The maximum absolute atomic E-state index is 12.8. The van der Waals surface area contributed by atoms with Crippen molar-refractivity contribution in [3.05, 3.63) is 24.3 Å². The van der Waals surface area contributed by atoms with Gasteiger partial charge in [-0.1, -0.05) is 12.1 Å². The molecular weight excluding hydrogens is 346 g/mol. The first-order valence-electron chi connectivity index (χ1n) is 9.52. The van der Waals surface area contributed by atoms with Crippen LogP contribution in [0.25, 0.3) is 0 Å². The van der Waals surface area contributed by atoms with Crippen LogP contribution < -0.4 is 10.1 Å². The zero-order chi connectivity index (χ0) is 19.3. The first kappa shape index (κ1) is 19.5. The molecule has 1 spiro atoms. The minimum atomic E-state index is -0.112. The number of carbonyl (C=O) groups excluding carboxylic acids is 2. The quantitative estimate of drug-likeness (QED) is 0.859. The Morgan fingerprint density at radius 3 is 2.81 bits per heavy atom. The fraction of sp³-hybridized carbons (Fsp3) is 0.600. The molecule has 0 radical (unpaired) electrons. The third-order valence-corrected chi connectivity index (χ3v) is 5.61. The summed E-state index contributed by atoms with van der Waals surface area (Å²) in [6.45, 7) is 3.26. The Morgan fingerprint density at radius 1 is 1.22 bits per heavy atom. The van der Waals surface area contributed by atoms with Crippen LogP contribution in [-0.4, -0.2) is 68.7 Å². The summed E-state index contributed by atoms with van der Waals surface area (Å²) >= 11 is 0. The average molecular weight is 375 g/mol. The van der Waals surface area contributed by atoms with Crippen LogP contribution in [0.2, 0.25) is 0 Å². The summed E-state index contributed by atoms with van der Waals surface area (Å²) in [5, 5.41) is 2.97. The van der Waals surface area contributed by atoms with E-state index in [0.717, 1.165) is 25.8 Å². The zero-order valence-electron chi connectivity index (χ0n) is 16.2. The van der Waals surface area contributed by atoms with E-state index in [2.05, 4.69) is 5.32 Å². The van der Waals surface area contributed by atoms with Crippen molar-refractivity contribution in [2.75, 3.05) is 52.3 Å².